The maximum absolute atomic E-state index is 5.59. The molecule has 1 aromatic rings. The SMILES string of the molecule is C=CCN(CC=C)c1ccc(CNC2CCCC2)cc1OC. The smallest absolute Gasteiger partial charge is 0.142 e. The van der Waals surface area contributed by atoms with Crippen LogP contribution in [0.5, 0.6) is 5.75 Å². The van der Waals surface area contributed by atoms with Crippen LogP contribution in [-0.4, -0.2) is 26.2 Å². The zero-order valence-electron chi connectivity index (χ0n) is 13.7. The van der Waals surface area contributed by atoms with Gasteiger partial charge in [0.05, 0.1) is 12.8 Å². The average Bonchev–Trinajstić information content (AvgIpc) is 3.06. The fraction of sp³-hybridized carbons (Fsp3) is 0.474. The lowest BCUT2D eigenvalue weighted by Gasteiger charge is -2.24. The van der Waals surface area contributed by atoms with E-state index in [4.69, 9.17) is 4.74 Å². The van der Waals surface area contributed by atoms with Gasteiger partial charge < -0.3 is 15.0 Å². The van der Waals surface area contributed by atoms with Crippen LogP contribution >= 0.6 is 0 Å². The molecular weight excluding hydrogens is 272 g/mol. The van der Waals surface area contributed by atoms with Crippen LogP contribution in [0.2, 0.25) is 0 Å². The van der Waals surface area contributed by atoms with Gasteiger partial charge in [0, 0.05) is 25.7 Å². The highest BCUT2D eigenvalue weighted by Crippen LogP contribution is 2.29. The molecule has 0 unspecified atom stereocenters. The van der Waals surface area contributed by atoms with Gasteiger partial charge in [0.2, 0.25) is 0 Å². The average molecular weight is 300 g/mol. The molecule has 1 aromatic carbocycles. The van der Waals surface area contributed by atoms with E-state index in [0.717, 1.165) is 31.1 Å². The van der Waals surface area contributed by atoms with Crippen molar-refractivity contribution in [2.75, 3.05) is 25.1 Å². The summed E-state index contributed by atoms with van der Waals surface area (Å²) >= 11 is 0. The minimum atomic E-state index is 0.684. The Morgan fingerprint density at radius 2 is 1.91 bits per heavy atom. The van der Waals surface area contributed by atoms with Crippen LogP contribution in [0.25, 0.3) is 0 Å². The number of anilines is 1. The second-order valence-electron chi connectivity index (χ2n) is 5.85. The lowest BCUT2D eigenvalue weighted by atomic mass is 10.1. The molecule has 0 atom stereocenters. The lowest BCUT2D eigenvalue weighted by molar-refractivity contribution is 0.413. The maximum Gasteiger partial charge on any atom is 0.142 e. The lowest BCUT2D eigenvalue weighted by Crippen LogP contribution is -2.26. The second kappa shape index (κ2) is 8.64. The van der Waals surface area contributed by atoms with Gasteiger partial charge in [-0.3, -0.25) is 0 Å². The monoisotopic (exact) mass is 300 g/mol. The molecule has 0 aromatic heterocycles. The molecule has 3 nitrogen and oxygen atoms in total. The van der Waals surface area contributed by atoms with Crippen LogP contribution in [-0.2, 0) is 6.54 Å². The van der Waals surface area contributed by atoms with Crippen molar-refractivity contribution in [3.63, 3.8) is 0 Å². The van der Waals surface area contributed by atoms with Crippen molar-refractivity contribution in [1.82, 2.24) is 5.32 Å². The largest absolute Gasteiger partial charge is 0.495 e. The van der Waals surface area contributed by atoms with E-state index >= 15 is 0 Å². The molecule has 1 aliphatic carbocycles. The highest BCUT2D eigenvalue weighted by molar-refractivity contribution is 5.60. The molecule has 2 rings (SSSR count). The summed E-state index contributed by atoms with van der Waals surface area (Å²) in [5.41, 5.74) is 2.36. The normalized spacial score (nSPS) is 14.8. The van der Waals surface area contributed by atoms with Crippen molar-refractivity contribution < 1.29 is 4.74 Å². The van der Waals surface area contributed by atoms with Gasteiger partial charge in [-0.25, -0.2) is 0 Å². The van der Waals surface area contributed by atoms with Crippen LogP contribution in [0.1, 0.15) is 31.2 Å². The van der Waals surface area contributed by atoms with Crippen molar-refractivity contribution in [3.8, 4) is 5.75 Å². The highest BCUT2D eigenvalue weighted by Gasteiger charge is 2.15. The first-order chi connectivity index (χ1) is 10.8. The Morgan fingerprint density at radius 3 is 2.50 bits per heavy atom. The first kappa shape index (κ1) is 16.6. The van der Waals surface area contributed by atoms with Crippen LogP contribution in [0.15, 0.2) is 43.5 Å². The summed E-state index contributed by atoms with van der Waals surface area (Å²) in [6.07, 6.45) is 9.14. The zero-order chi connectivity index (χ0) is 15.8. The van der Waals surface area contributed by atoms with E-state index in [1.807, 2.05) is 12.2 Å². The fourth-order valence-corrected chi connectivity index (χ4v) is 3.07. The third-order valence-corrected chi connectivity index (χ3v) is 4.23. The van der Waals surface area contributed by atoms with Gasteiger partial charge in [-0.05, 0) is 30.5 Å². The van der Waals surface area contributed by atoms with Crippen LogP contribution in [0.4, 0.5) is 5.69 Å². The molecule has 0 saturated heterocycles. The summed E-state index contributed by atoms with van der Waals surface area (Å²) < 4.78 is 5.59. The molecule has 120 valence electrons. The fourth-order valence-electron chi connectivity index (χ4n) is 3.07. The van der Waals surface area contributed by atoms with Crippen LogP contribution in [0.3, 0.4) is 0 Å². The van der Waals surface area contributed by atoms with E-state index in [2.05, 4.69) is 41.6 Å². The standard InChI is InChI=1S/C19H28N2O/c1-4-12-21(13-5-2)18-11-10-16(14-19(18)22-3)15-20-17-8-6-7-9-17/h4-5,10-11,14,17,20H,1-2,6-9,12-13,15H2,3H3. The predicted molar refractivity (Wildman–Crippen MR) is 94.7 cm³/mol. The number of nitrogens with one attached hydrogen (secondary N) is 1. The molecular formula is C19H28N2O. The number of benzene rings is 1. The summed E-state index contributed by atoms with van der Waals surface area (Å²) in [5, 5.41) is 3.65. The Hall–Kier alpha value is -1.74. The first-order valence-corrected chi connectivity index (χ1v) is 8.15. The Bertz CT molecular complexity index is 482. The van der Waals surface area contributed by atoms with Gasteiger partial charge in [-0.1, -0.05) is 31.1 Å². The molecule has 3 heteroatoms. The molecule has 1 aliphatic rings. The van der Waals surface area contributed by atoms with Crippen molar-refractivity contribution in [2.45, 2.75) is 38.3 Å². The van der Waals surface area contributed by atoms with Crippen molar-refractivity contribution in [2.24, 2.45) is 0 Å². The minimum absolute atomic E-state index is 0.684. The van der Waals surface area contributed by atoms with E-state index in [1.165, 1.54) is 31.2 Å². The zero-order valence-corrected chi connectivity index (χ0v) is 13.7. The molecule has 0 amide bonds. The van der Waals surface area contributed by atoms with Gasteiger partial charge in [0.25, 0.3) is 0 Å². The topological polar surface area (TPSA) is 24.5 Å². The molecule has 0 aliphatic heterocycles. The van der Waals surface area contributed by atoms with Crippen LogP contribution in [0, 0.1) is 0 Å². The number of nitrogens with zero attached hydrogens (tertiary/aromatic N) is 1. The van der Waals surface area contributed by atoms with Crippen LogP contribution < -0.4 is 15.0 Å². The summed E-state index contributed by atoms with van der Waals surface area (Å²) in [6.45, 7) is 10.1. The van der Waals surface area contributed by atoms with Gasteiger partial charge in [-0.2, -0.15) is 0 Å². The van der Waals surface area contributed by atoms with Gasteiger partial charge in [-0.15, -0.1) is 13.2 Å². The van der Waals surface area contributed by atoms with Gasteiger partial charge >= 0.3 is 0 Å². The molecule has 0 radical (unpaired) electrons. The number of ether oxygens (including phenoxy) is 1. The van der Waals surface area contributed by atoms with E-state index in [-0.39, 0.29) is 0 Å². The molecule has 1 saturated carbocycles. The molecule has 0 heterocycles. The molecule has 0 bridgehead atoms. The number of hydrogen-bond acceptors (Lipinski definition) is 3. The Balaban J connectivity index is 2.07. The van der Waals surface area contributed by atoms with Gasteiger partial charge in [0.1, 0.15) is 5.75 Å². The van der Waals surface area contributed by atoms with Crippen molar-refractivity contribution >= 4 is 5.69 Å². The second-order valence-corrected chi connectivity index (χ2v) is 5.85. The summed E-state index contributed by atoms with van der Waals surface area (Å²) in [4.78, 5) is 2.20. The number of rotatable bonds is 9. The van der Waals surface area contributed by atoms with E-state index in [1.54, 1.807) is 7.11 Å². The molecule has 22 heavy (non-hydrogen) atoms. The maximum atomic E-state index is 5.59. The van der Waals surface area contributed by atoms with E-state index in [0.29, 0.717) is 6.04 Å². The minimum Gasteiger partial charge on any atom is -0.495 e. The van der Waals surface area contributed by atoms with Crippen molar-refractivity contribution in [3.05, 3.63) is 49.1 Å². The van der Waals surface area contributed by atoms with Gasteiger partial charge in [0.15, 0.2) is 0 Å². The Morgan fingerprint density at radius 1 is 1.23 bits per heavy atom. The molecule has 1 fully saturated rings. The summed E-state index contributed by atoms with van der Waals surface area (Å²) in [7, 11) is 1.73. The van der Waals surface area contributed by atoms with E-state index < -0.39 is 0 Å². The summed E-state index contributed by atoms with van der Waals surface area (Å²) in [5.74, 6) is 0.912. The Kier molecular flexibility index (Phi) is 6.53. The predicted octanol–water partition coefficient (Wildman–Crippen LogP) is 3.91. The van der Waals surface area contributed by atoms with Crippen molar-refractivity contribution in [1.29, 1.82) is 0 Å². The third kappa shape index (κ3) is 4.38. The molecule has 1 N–H and O–H groups in total. The van der Waals surface area contributed by atoms with E-state index in [9.17, 15) is 0 Å². The number of hydrogen-bond donors (Lipinski definition) is 1. The molecule has 0 spiro atoms. The Labute approximate surface area is 134 Å². The first-order valence-electron chi connectivity index (χ1n) is 8.15. The quantitative estimate of drug-likeness (QED) is 0.700. The highest BCUT2D eigenvalue weighted by atomic mass is 16.5. The summed E-state index contributed by atoms with van der Waals surface area (Å²) in [6, 6.07) is 7.14. The number of methoxy groups -OCH3 is 1. The third-order valence-electron chi connectivity index (χ3n) is 4.23.